The molecule has 0 unspecified atom stereocenters. The molecule has 2 heterocycles. The van der Waals surface area contributed by atoms with Gasteiger partial charge in [-0.05, 0) is 36.8 Å². The van der Waals surface area contributed by atoms with Crippen molar-refractivity contribution >= 4 is 51.4 Å². The molecule has 0 aliphatic rings. The van der Waals surface area contributed by atoms with Crippen molar-refractivity contribution in [2.45, 2.75) is 6.92 Å². The van der Waals surface area contributed by atoms with Crippen molar-refractivity contribution < 1.29 is 4.79 Å². The molecule has 8 heteroatoms. The molecular formula is C18H12Cl2N4OS. The molecule has 130 valence electrons. The fourth-order valence-corrected chi connectivity index (χ4v) is 3.82. The van der Waals surface area contributed by atoms with E-state index in [1.165, 1.54) is 11.3 Å². The van der Waals surface area contributed by atoms with Crippen molar-refractivity contribution in [3.63, 3.8) is 0 Å². The van der Waals surface area contributed by atoms with Crippen LogP contribution >= 0.6 is 34.5 Å². The minimum Gasteiger partial charge on any atom is -0.289 e. The zero-order valence-electron chi connectivity index (χ0n) is 13.5. The van der Waals surface area contributed by atoms with E-state index < -0.39 is 0 Å². The van der Waals surface area contributed by atoms with E-state index in [-0.39, 0.29) is 11.9 Å². The van der Waals surface area contributed by atoms with Crippen molar-refractivity contribution in [2.24, 2.45) is 0 Å². The summed E-state index contributed by atoms with van der Waals surface area (Å²) >= 11 is 13.8. The average molecular weight is 403 g/mol. The Morgan fingerprint density at radius 3 is 2.81 bits per heavy atom. The Kier molecular flexibility index (Phi) is 4.40. The third-order valence-corrected chi connectivity index (χ3v) is 5.28. The highest BCUT2D eigenvalue weighted by atomic mass is 35.5. The molecule has 0 aliphatic heterocycles. The first kappa shape index (κ1) is 17.0. The number of hydrogen-bond donors (Lipinski definition) is 1. The van der Waals surface area contributed by atoms with Crippen LogP contribution in [-0.2, 0) is 0 Å². The summed E-state index contributed by atoms with van der Waals surface area (Å²) in [5.41, 5.74) is 3.00. The predicted octanol–water partition coefficient (Wildman–Crippen LogP) is 5.33. The zero-order chi connectivity index (χ0) is 18.3. The van der Waals surface area contributed by atoms with E-state index in [1.807, 2.05) is 30.5 Å². The Hall–Kier alpha value is -2.41. The van der Waals surface area contributed by atoms with Gasteiger partial charge in [-0.1, -0.05) is 41.4 Å². The number of carbonyl (C=O) groups is 1. The monoisotopic (exact) mass is 402 g/mol. The van der Waals surface area contributed by atoms with Crippen LogP contribution in [0.5, 0.6) is 0 Å². The number of thiazole rings is 1. The minimum absolute atomic E-state index is 0.240. The van der Waals surface area contributed by atoms with Gasteiger partial charge in [-0.25, -0.2) is 4.52 Å². The quantitative estimate of drug-likeness (QED) is 0.503. The number of nitrogens with one attached hydrogen (secondary N) is 1. The number of aromatic nitrogens is 3. The van der Waals surface area contributed by atoms with Crippen LogP contribution in [0.25, 0.3) is 16.2 Å². The second kappa shape index (κ2) is 6.72. The Balaban J connectivity index is 1.69. The van der Waals surface area contributed by atoms with Gasteiger partial charge in [0.25, 0.3) is 11.9 Å². The average Bonchev–Trinajstić information content (AvgIpc) is 3.17. The van der Waals surface area contributed by atoms with Gasteiger partial charge in [0, 0.05) is 21.5 Å². The summed E-state index contributed by atoms with van der Waals surface area (Å²) in [6, 6.07) is 12.6. The molecule has 4 aromatic rings. The van der Waals surface area contributed by atoms with Crippen molar-refractivity contribution in [1.82, 2.24) is 14.6 Å². The lowest BCUT2D eigenvalue weighted by Gasteiger charge is -2.04. The predicted molar refractivity (Wildman–Crippen MR) is 105 cm³/mol. The second-order valence-corrected chi connectivity index (χ2v) is 7.32. The normalized spacial score (nSPS) is 11.0. The molecule has 1 amide bonds. The Morgan fingerprint density at radius 1 is 1.19 bits per heavy atom. The van der Waals surface area contributed by atoms with Crippen LogP contribution in [-0.4, -0.2) is 20.5 Å². The molecule has 0 saturated heterocycles. The fraction of sp³-hybridized carbons (Fsp3) is 0.0556. The van der Waals surface area contributed by atoms with Gasteiger partial charge >= 0.3 is 0 Å². The van der Waals surface area contributed by atoms with Crippen molar-refractivity contribution in [2.75, 3.05) is 5.32 Å². The van der Waals surface area contributed by atoms with Crippen LogP contribution in [0.15, 0.2) is 47.8 Å². The van der Waals surface area contributed by atoms with Gasteiger partial charge in [0.1, 0.15) is 0 Å². The number of benzene rings is 2. The maximum Gasteiger partial charge on any atom is 0.258 e. The molecule has 0 bridgehead atoms. The molecule has 0 fully saturated rings. The van der Waals surface area contributed by atoms with Gasteiger partial charge < -0.3 is 0 Å². The summed E-state index contributed by atoms with van der Waals surface area (Å²) in [6.07, 6.45) is 0. The van der Waals surface area contributed by atoms with E-state index in [2.05, 4.69) is 15.4 Å². The topological polar surface area (TPSA) is 59.3 Å². The smallest absolute Gasteiger partial charge is 0.258 e. The lowest BCUT2D eigenvalue weighted by atomic mass is 10.1. The van der Waals surface area contributed by atoms with Crippen LogP contribution in [0, 0.1) is 6.92 Å². The SMILES string of the molecule is Cc1ccccc1C(=O)Nc1nc2scc(-c3cc(Cl)ccc3Cl)n2n1. The van der Waals surface area contributed by atoms with E-state index in [9.17, 15) is 4.79 Å². The molecule has 26 heavy (non-hydrogen) atoms. The number of fused-ring (bicyclic) bond motifs is 1. The van der Waals surface area contributed by atoms with Gasteiger partial charge in [-0.3, -0.25) is 10.1 Å². The molecule has 4 rings (SSSR count). The summed E-state index contributed by atoms with van der Waals surface area (Å²) in [5.74, 6) is -0.00630. The molecule has 1 N–H and O–H groups in total. The number of rotatable bonds is 3. The third kappa shape index (κ3) is 3.07. The highest BCUT2D eigenvalue weighted by Gasteiger charge is 2.16. The molecule has 2 aromatic heterocycles. The van der Waals surface area contributed by atoms with Crippen molar-refractivity contribution in [3.8, 4) is 11.3 Å². The molecular weight excluding hydrogens is 391 g/mol. The molecule has 5 nitrogen and oxygen atoms in total. The molecule has 2 aromatic carbocycles. The van der Waals surface area contributed by atoms with Gasteiger partial charge in [-0.2, -0.15) is 4.98 Å². The number of aryl methyl sites for hydroxylation is 1. The fourth-order valence-electron chi connectivity index (χ4n) is 2.61. The number of nitrogens with zero attached hydrogens (tertiary/aromatic N) is 3. The Bertz CT molecular complexity index is 1140. The first-order valence-corrected chi connectivity index (χ1v) is 9.33. The maximum absolute atomic E-state index is 12.5. The minimum atomic E-state index is -0.247. The molecule has 0 atom stereocenters. The van der Waals surface area contributed by atoms with Gasteiger partial charge in [0.05, 0.1) is 10.7 Å². The van der Waals surface area contributed by atoms with Crippen LogP contribution in [0.3, 0.4) is 0 Å². The van der Waals surface area contributed by atoms with Crippen LogP contribution in [0.4, 0.5) is 5.95 Å². The summed E-state index contributed by atoms with van der Waals surface area (Å²) in [5, 5.41) is 10.2. The molecule has 0 saturated carbocycles. The molecule has 0 aliphatic carbocycles. The van der Waals surface area contributed by atoms with Gasteiger partial charge in [-0.15, -0.1) is 16.4 Å². The largest absolute Gasteiger partial charge is 0.289 e. The highest BCUT2D eigenvalue weighted by molar-refractivity contribution is 7.15. The summed E-state index contributed by atoms with van der Waals surface area (Å²) in [7, 11) is 0. The van der Waals surface area contributed by atoms with E-state index >= 15 is 0 Å². The third-order valence-electron chi connectivity index (χ3n) is 3.90. The first-order valence-electron chi connectivity index (χ1n) is 7.69. The Labute approximate surface area is 163 Å². The van der Waals surface area contributed by atoms with E-state index in [1.54, 1.807) is 28.8 Å². The van der Waals surface area contributed by atoms with Crippen molar-refractivity contribution in [3.05, 3.63) is 69.0 Å². The first-order chi connectivity index (χ1) is 12.5. The second-order valence-electron chi connectivity index (χ2n) is 5.64. The van der Waals surface area contributed by atoms with Crippen LogP contribution in [0.2, 0.25) is 10.0 Å². The van der Waals surface area contributed by atoms with Crippen LogP contribution in [0.1, 0.15) is 15.9 Å². The number of halogens is 2. The Morgan fingerprint density at radius 2 is 2.00 bits per heavy atom. The number of hydrogen-bond acceptors (Lipinski definition) is 4. The molecule has 0 spiro atoms. The van der Waals surface area contributed by atoms with Gasteiger partial charge in [0.15, 0.2) is 0 Å². The van der Waals surface area contributed by atoms with E-state index in [4.69, 9.17) is 23.2 Å². The van der Waals surface area contributed by atoms with Crippen LogP contribution < -0.4 is 5.32 Å². The lowest BCUT2D eigenvalue weighted by Crippen LogP contribution is -2.14. The van der Waals surface area contributed by atoms with E-state index in [0.29, 0.717) is 20.6 Å². The maximum atomic E-state index is 12.5. The van der Waals surface area contributed by atoms with E-state index in [0.717, 1.165) is 16.8 Å². The number of amides is 1. The number of anilines is 1. The summed E-state index contributed by atoms with van der Waals surface area (Å²) < 4.78 is 1.65. The summed E-state index contributed by atoms with van der Waals surface area (Å²) in [4.78, 5) is 17.5. The standard InChI is InChI=1S/C18H12Cl2N4OS/c1-10-4-2-3-5-12(10)16(25)21-17-22-18-24(23-17)15(9-26-18)13-8-11(19)6-7-14(13)20/h2-9H,1H3,(H,21,23,25). The molecule has 0 radical (unpaired) electrons. The lowest BCUT2D eigenvalue weighted by molar-refractivity contribution is 0.102. The summed E-state index contributed by atoms with van der Waals surface area (Å²) in [6.45, 7) is 1.88. The zero-order valence-corrected chi connectivity index (χ0v) is 15.9. The highest BCUT2D eigenvalue weighted by Crippen LogP contribution is 2.33. The van der Waals surface area contributed by atoms with Crippen molar-refractivity contribution in [1.29, 1.82) is 0 Å². The van der Waals surface area contributed by atoms with Gasteiger partial charge in [0.2, 0.25) is 4.96 Å². The number of carbonyl (C=O) groups excluding carboxylic acids is 1.